The molecule has 0 aliphatic heterocycles. The minimum atomic E-state index is -0.579. The molecule has 1 heterocycles. The third-order valence-corrected chi connectivity index (χ3v) is 3.96. The van der Waals surface area contributed by atoms with Crippen LogP contribution in [-0.4, -0.2) is 12.0 Å². The quantitative estimate of drug-likeness (QED) is 0.705. The van der Waals surface area contributed by atoms with Crippen molar-refractivity contribution < 1.29 is 13.9 Å². The number of ether oxygens (including phenoxy) is 1. The molecule has 0 atom stereocenters. The summed E-state index contributed by atoms with van der Waals surface area (Å²) >= 11 is 0. The van der Waals surface area contributed by atoms with Crippen LogP contribution in [-0.2, 0) is 0 Å². The lowest BCUT2D eigenvalue weighted by molar-refractivity contribution is 0.102. The Labute approximate surface area is 151 Å². The molecule has 1 aromatic heterocycles. The van der Waals surface area contributed by atoms with Gasteiger partial charge in [0.2, 0.25) is 0 Å². The monoisotopic (exact) mass is 351 g/mol. The van der Waals surface area contributed by atoms with Crippen molar-refractivity contribution in [3.05, 3.63) is 69.6 Å². The molecule has 5 heteroatoms. The van der Waals surface area contributed by atoms with Crippen molar-refractivity contribution in [2.75, 3.05) is 5.32 Å². The largest absolute Gasteiger partial charge is 0.491 e. The van der Waals surface area contributed by atoms with Gasteiger partial charge in [-0.25, -0.2) is 4.79 Å². The average Bonchev–Trinajstić information content (AvgIpc) is 2.55. The lowest BCUT2D eigenvalue weighted by Crippen LogP contribution is -2.16. The van der Waals surface area contributed by atoms with E-state index in [4.69, 9.17) is 9.15 Å². The van der Waals surface area contributed by atoms with Crippen LogP contribution in [0.25, 0.3) is 11.0 Å². The van der Waals surface area contributed by atoms with Gasteiger partial charge in [-0.3, -0.25) is 4.79 Å². The number of carbonyl (C=O) groups excluding carboxylic acids is 1. The van der Waals surface area contributed by atoms with Crippen molar-refractivity contribution in [1.29, 1.82) is 0 Å². The van der Waals surface area contributed by atoms with Crippen molar-refractivity contribution in [3.8, 4) is 5.75 Å². The summed E-state index contributed by atoms with van der Waals surface area (Å²) in [6.07, 6.45) is -0.00448. The van der Waals surface area contributed by atoms with E-state index in [-0.39, 0.29) is 17.6 Å². The van der Waals surface area contributed by atoms with E-state index in [1.165, 1.54) is 6.07 Å². The molecule has 2 aromatic carbocycles. The van der Waals surface area contributed by atoms with Gasteiger partial charge < -0.3 is 14.5 Å². The van der Waals surface area contributed by atoms with Gasteiger partial charge in [-0.1, -0.05) is 17.7 Å². The molecule has 0 unspecified atom stereocenters. The van der Waals surface area contributed by atoms with Gasteiger partial charge in [0.15, 0.2) is 0 Å². The maximum absolute atomic E-state index is 12.8. The predicted octanol–water partition coefficient (Wildman–Crippen LogP) is 4.45. The number of anilines is 1. The van der Waals surface area contributed by atoms with Gasteiger partial charge in [-0.15, -0.1) is 0 Å². The molecular weight excluding hydrogens is 330 g/mol. The zero-order valence-electron chi connectivity index (χ0n) is 15.3. The molecule has 1 amide bonds. The van der Waals surface area contributed by atoms with E-state index in [9.17, 15) is 9.59 Å². The molecule has 1 N–H and O–H groups in total. The zero-order valence-corrected chi connectivity index (χ0v) is 15.3. The van der Waals surface area contributed by atoms with Crippen molar-refractivity contribution >= 4 is 22.6 Å². The number of amides is 1. The second kappa shape index (κ2) is 7.04. The minimum absolute atomic E-state index is 0.00448. The van der Waals surface area contributed by atoms with E-state index < -0.39 is 5.63 Å². The summed E-state index contributed by atoms with van der Waals surface area (Å²) in [4.78, 5) is 24.7. The first-order valence-corrected chi connectivity index (χ1v) is 8.46. The molecular formula is C21H21NO4. The van der Waals surface area contributed by atoms with Gasteiger partial charge in [-0.2, -0.15) is 0 Å². The van der Waals surface area contributed by atoms with Crippen LogP contribution in [0.5, 0.6) is 5.75 Å². The Kier molecular flexibility index (Phi) is 4.80. The number of nitrogens with one attached hydrogen (secondary N) is 1. The first-order valence-electron chi connectivity index (χ1n) is 8.46. The maximum atomic E-state index is 12.8. The number of carbonyl (C=O) groups is 1. The molecule has 134 valence electrons. The summed E-state index contributed by atoms with van der Waals surface area (Å²) in [6, 6.07) is 12.1. The summed E-state index contributed by atoms with van der Waals surface area (Å²) in [7, 11) is 0. The first kappa shape index (κ1) is 17.7. The van der Waals surface area contributed by atoms with Crippen molar-refractivity contribution in [2.45, 2.75) is 33.8 Å². The molecule has 0 saturated carbocycles. The molecule has 26 heavy (non-hydrogen) atoms. The van der Waals surface area contributed by atoms with Crippen LogP contribution in [0.3, 0.4) is 0 Å². The summed E-state index contributed by atoms with van der Waals surface area (Å²) in [5.41, 5.74) is 2.79. The zero-order chi connectivity index (χ0) is 18.8. The van der Waals surface area contributed by atoms with E-state index in [2.05, 4.69) is 5.32 Å². The van der Waals surface area contributed by atoms with E-state index in [0.29, 0.717) is 22.4 Å². The highest BCUT2D eigenvalue weighted by molar-refractivity contribution is 6.12. The van der Waals surface area contributed by atoms with Crippen LogP contribution >= 0.6 is 0 Å². The van der Waals surface area contributed by atoms with Crippen molar-refractivity contribution in [3.63, 3.8) is 0 Å². The van der Waals surface area contributed by atoms with Crippen LogP contribution in [0.15, 0.2) is 51.7 Å². The Hall–Kier alpha value is -3.08. The van der Waals surface area contributed by atoms with Crippen molar-refractivity contribution in [2.24, 2.45) is 0 Å². The normalized spacial score (nSPS) is 11.0. The van der Waals surface area contributed by atoms with E-state index in [1.54, 1.807) is 18.2 Å². The lowest BCUT2D eigenvalue weighted by Gasteiger charge is -2.12. The Balaban J connectivity index is 2.00. The third-order valence-electron chi connectivity index (χ3n) is 3.96. The molecule has 3 rings (SSSR count). The van der Waals surface area contributed by atoms with Gasteiger partial charge in [0, 0.05) is 23.2 Å². The highest BCUT2D eigenvalue weighted by Crippen LogP contribution is 2.25. The second-order valence-electron chi connectivity index (χ2n) is 6.58. The molecule has 0 spiro atoms. The Morgan fingerprint density at radius 2 is 1.85 bits per heavy atom. The summed E-state index contributed by atoms with van der Waals surface area (Å²) < 4.78 is 10.9. The smallest absolute Gasteiger partial charge is 0.337 e. The van der Waals surface area contributed by atoms with Crippen LogP contribution in [0.4, 0.5) is 5.69 Å². The maximum Gasteiger partial charge on any atom is 0.337 e. The second-order valence-corrected chi connectivity index (χ2v) is 6.58. The summed E-state index contributed by atoms with van der Waals surface area (Å²) in [6.45, 7) is 7.74. The highest BCUT2D eigenvalue weighted by atomic mass is 16.5. The topological polar surface area (TPSA) is 68.5 Å². The van der Waals surface area contributed by atoms with Crippen LogP contribution in [0, 0.1) is 13.8 Å². The first-order chi connectivity index (χ1) is 12.3. The van der Waals surface area contributed by atoms with Gasteiger partial charge >= 0.3 is 5.63 Å². The fourth-order valence-corrected chi connectivity index (χ4v) is 2.82. The van der Waals surface area contributed by atoms with E-state index in [1.807, 2.05) is 45.9 Å². The SMILES string of the molecule is Cc1ccc(NC(=O)c2cc(=O)oc3cc(OC(C)C)ccc23)c(C)c1. The van der Waals surface area contributed by atoms with E-state index in [0.717, 1.165) is 11.1 Å². The summed E-state index contributed by atoms with van der Waals surface area (Å²) in [5.74, 6) is 0.231. The highest BCUT2D eigenvalue weighted by Gasteiger charge is 2.15. The molecule has 3 aromatic rings. The molecule has 0 aliphatic carbocycles. The van der Waals surface area contributed by atoms with Crippen LogP contribution in [0.2, 0.25) is 0 Å². The van der Waals surface area contributed by atoms with Gasteiger partial charge in [0.1, 0.15) is 11.3 Å². The number of hydrogen-bond donors (Lipinski definition) is 1. The van der Waals surface area contributed by atoms with Crippen LogP contribution in [0.1, 0.15) is 35.3 Å². The van der Waals surface area contributed by atoms with E-state index >= 15 is 0 Å². The molecule has 5 nitrogen and oxygen atoms in total. The third kappa shape index (κ3) is 3.77. The molecule has 0 aliphatic rings. The Bertz CT molecular complexity index is 1030. The number of fused-ring (bicyclic) bond motifs is 1. The molecule has 0 fully saturated rings. The predicted molar refractivity (Wildman–Crippen MR) is 102 cm³/mol. The van der Waals surface area contributed by atoms with Crippen molar-refractivity contribution in [1.82, 2.24) is 0 Å². The number of aryl methyl sites for hydroxylation is 2. The minimum Gasteiger partial charge on any atom is -0.491 e. The number of hydrogen-bond acceptors (Lipinski definition) is 4. The standard InChI is InChI=1S/C21H21NO4/c1-12(2)25-15-6-7-16-17(11-20(23)26-19(16)10-15)21(24)22-18-8-5-13(3)9-14(18)4/h5-12H,1-4H3,(H,22,24). The van der Waals surface area contributed by atoms with Gasteiger partial charge in [0.05, 0.1) is 11.7 Å². The number of rotatable bonds is 4. The Morgan fingerprint density at radius 3 is 2.54 bits per heavy atom. The van der Waals surface area contributed by atoms with Gasteiger partial charge in [0.25, 0.3) is 5.91 Å². The molecule has 0 bridgehead atoms. The Morgan fingerprint density at radius 1 is 1.08 bits per heavy atom. The van der Waals surface area contributed by atoms with Gasteiger partial charge in [-0.05, 0) is 51.5 Å². The fraction of sp³-hybridized carbons (Fsp3) is 0.238. The fourth-order valence-electron chi connectivity index (χ4n) is 2.82. The number of benzene rings is 2. The van der Waals surface area contributed by atoms with Crippen LogP contribution < -0.4 is 15.7 Å². The summed E-state index contributed by atoms with van der Waals surface area (Å²) in [5, 5.41) is 3.43. The molecule has 0 saturated heterocycles. The average molecular weight is 351 g/mol. The molecule has 0 radical (unpaired) electrons. The lowest BCUT2D eigenvalue weighted by atomic mass is 10.1.